The van der Waals surface area contributed by atoms with E-state index in [4.69, 9.17) is 0 Å². The highest BCUT2D eigenvalue weighted by Gasteiger charge is 2.20. The Kier molecular flexibility index (Phi) is 4.35. The first kappa shape index (κ1) is 14.4. The van der Waals surface area contributed by atoms with Gasteiger partial charge >= 0.3 is 6.03 Å². The van der Waals surface area contributed by atoms with Crippen molar-refractivity contribution < 1.29 is 14.5 Å². The van der Waals surface area contributed by atoms with Crippen molar-refractivity contribution in [3.8, 4) is 0 Å². The monoisotopic (exact) mass is 268 g/mol. The third-order valence-electron chi connectivity index (χ3n) is 2.39. The standard InChI is InChI=1S/C10H12N4O5/c1-6(9(16)12-10(17)11-2)13-5-7(14(18)19)3-4-8(13)15/h3-6H,1-2H3,(H2,11,12,16,17)/t6-/m0/s1. The van der Waals surface area contributed by atoms with Crippen molar-refractivity contribution in [2.24, 2.45) is 0 Å². The Morgan fingerprint density at radius 2 is 2.05 bits per heavy atom. The Labute approximate surface area is 107 Å². The fraction of sp³-hybridized carbons (Fsp3) is 0.300. The molecule has 0 aliphatic heterocycles. The van der Waals surface area contributed by atoms with Crippen molar-refractivity contribution in [2.75, 3.05) is 7.05 Å². The highest BCUT2D eigenvalue weighted by Crippen LogP contribution is 2.10. The largest absolute Gasteiger partial charge is 0.341 e. The first-order chi connectivity index (χ1) is 8.86. The van der Waals surface area contributed by atoms with Crippen LogP contribution in [0, 0.1) is 10.1 Å². The topological polar surface area (TPSA) is 123 Å². The maximum absolute atomic E-state index is 11.6. The zero-order chi connectivity index (χ0) is 14.6. The van der Waals surface area contributed by atoms with Crippen LogP contribution >= 0.6 is 0 Å². The number of pyridine rings is 1. The third kappa shape index (κ3) is 3.37. The Morgan fingerprint density at radius 3 is 2.58 bits per heavy atom. The number of nitrogens with zero attached hydrogens (tertiary/aromatic N) is 2. The summed E-state index contributed by atoms with van der Waals surface area (Å²) in [6.07, 6.45) is 0.955. The minimum Gasteiger partial charge on any atom is -0.341 e. The molecule has 0 aliphatic carbocycles. The summed E-state index contributed by atoms with van der Waals surface area (Å²) in [5, 5.41) is 14.8. The van der Waals surface area contributed by atoms with Crippen molar-refractivity contribution in [2.45, 2.75) is 13.0 Å². The summed E-state index contributed by atoms with van der Waals surface area (Å²) in [7, 11) is 1.33. The predicted octanol–water partition coefficient (Wildman–Crippen LogP) is -0.227. The van der Waals surface area contributed by atoms with E-state index in [1.165, 1.54) is 14.0 Å². The van der Waals surface area contributed by atoms with Crippen molar-refractivity contribution in [1.29, 1.82) is 0 Å². The molecule has 0 saturated carbocycles. The second-order valence-electron chi connectivity index (χ2n) is 3.63. The zero-order valence-corrected chi connectivity index (χ0v) is 10.2. The molecule has 19 heavy (non-hydrogen) atoms. The quantitative estimate of drug-likeness (QED) is 0.579. The predicted molar refractivity (Wildman–Crippen MR) is 64.7 cm³/mol. The van der Waals surface area contributed by atoms with Crippen LogP contribution in [-0.4, -0.2) is 28.5 Å². The highest BCUT2D eigenvalue weighted by atomic mass is 16.6. The molecule has 0 aromatic carbocycles. The molecule has 0 spiro atoms. The molecular formula is C10H12N4O5. The van der Waals surface area contributed by atoms with E-state index in [-0.39, 0.29) is 5.69 Å². The summed E-state index contributed by atoms with van der Waals surface area (Å²) in [6, 6.07) is 0.254. The van der Waals surface area contributed by atoms with Gasteiger partial charge < -0.3 is 5.32 Å². The molecule has 1 atom stereocenters. The molecular weight excluding hydrogens is 256 g/mol. The van der Waals surface area contributed by atoms with Gasteiger partial charge in [0, 0.05) is 19.2 Å². The van der Waals surface area contributed by atoms with Gasteiger partial charge in [-0.2, -0.15) is 0 Å². The Hall–Kier alpha value is -2.71. The Bertz CT molecular complexity index is 580. The lowest BCUT2D eigenvalue weighted by molar-refractivity contribution is -0.385. The van der Waals surface area contributed by atoms with E-state index in [0.29, 0.717) is 0 Å². The average Bonchev–Trinajstić information content (AvgIpc) is 2.37. The number of amides is 3. The van der Waals surface area contributed by atoms with Gasteiger partial charge in [-0.3, -0.25) is 29.6 Å². The van der Waals surface area contributed by atoms with Crippen LogP contribution in [0.4, 0.5) is 10.5 Å². The van der Waals surface area contributed by atoms with Crippen molar-refractivity contribution in [3.63, 3.8) is 0 Å². The maximum atomic E-state index is 11.6. The number of hydrogen-bond donors (Lipinski definition) is 2. The van der Waals surface area contributed by atoms with Gasteiger partial charge in [-0.1, -0.05) is 0 Å². The van der Waals surface area contributed by atoms with Crippen LogP contribution in [0.5, 0.6) is 0 Å². The van der Waals surface area contributed by atoms with Gasteiger partial charge in [-0.25, -0.2) is 4.79 Å². The Balaban J connectivity index is 3.05. The van der Waals surface area contributed by atoms with Gasteiger partial charge in [0.1, 0.15) is 6.04 Å². The summed E-state index contributed by atoms with van der Waals surface area (Å²) in [4.78, 5) is 44.1. The maximum Gasteiger partial charge on any atom is 0.321 e. The zero-order valence-electron chi connectivity index (χ0n) is 10.2. The number of carbonyl (C=O) groups excluding carboxylic acids is 2. The second-order valence-corrected chi connectivity index (χ2v) is 3.63. The molecule has 1 aromatic rings. The van der Waals surface area contributed by atoms with E-state index < -0.39 is 28.5 Å². The summed E-state index contributed by atoms with van der Waals surface area (Å²) < 4.78 is 0.885. The molecule has 0 aliphatic rings. The average molecular weight is 268 g/mol. The van der Waals surface area contributed by atoms with Gasteiger partial charge in [0.25, 0.3) is 17.2 Å². The molecule has 1 rings (SSSR count). The Morgan fingerprint density at radius 1 is 1.42 bits per heavy atom. The lowest BCUT2D eigenvalue weighted by atomic mass is 10.3. The van der Waals surface area contributed by atoms with Gasteiger partial charge in [0.2, 0.25) is 0 Å². The molecule has 3 amide bonds. The van der Waals surface area contributed by atoms with Crippen molar-refractivity contribution >= 4 is 17.6 Å². The van der Waals surface area contributed by atoms with Crippen molar-refractivity contribution in [1.82, 2.24) is 15.2 Å². The number of aromatic nitrogens is 1. The molecule has 0 bridgehead atoms. The minimum atomic E-state index is -1.05. The number of rotatable bonds is 3. The van der Waals surface area contributed by atoms with Gasteiger partial charge in [0.15, 0.2) is 0 Å². The highest BCUT2D eigenvalue weighted by molar-refractivity contribution is 5.95. The van der Waals surface area contributed by atoms with Crippen molar-refractivity contribution in [3.05, 3.63) is 38.8 Å². The van der Waals surface area contributed by atoms with E-state index in [2.05, 4.69) is 5.32 Å². The van der Waals surface area contributed by atoms with Crippen LogP contribution in [0.2, 0.25) is 0 Å². The van der Waals surface area contributed by atoms with E-state index in [0.717, 1.165) is 22.9 Å². The molecule has 9 nitrogen and oxygen atoms in total. The number of carbonyl (C=O) groups is 2. The molecule has 0 fully saturated rings. The van der Waals surface area contributed by atoms with E-state index in [9.17, 15) is 24.5 Å². The number of urea groups is 1. The summed E-state index contributed by atoms with van der Waals surface area (Å²) in [6.45, 7) is 1.35. The van der Waals surface area contributed by atoms with Gasteiger partial charge in [0.05, 0.1) is 11.1 Å². The molecule has 0 unspecified atom stereocenters. The number of nitro groups is 1. The molecule has 0 radical (unpaired) electrons. The molecule has 9 heteroatoms. The molecule has 102 valence electrons. The summed E-state index contributed by atoms with van der Waals surface area (Å²) in [5.41, 5.74) is -0.899. The van der Waals surface area contributed by atoms with Crippen LogP contribution < -0.4 is 16.2 Å². The summed E-state index contributed by atoms with van der Waals surface area (Å²) >= 11 is 0. The van der Waals surface area contributed by atoms with Crippen LogP contribution in [0.25, 0.3) is 0 Å². The second kappa shape index (κ2) is 5.76. The van der Waals surface area contributed by atoms with Crippen LogP contribution in [0.15, 0.2) is 23.1 Å². The molecule has 1 heterocycles. The number of hydrogen-bond acceptors (Lipinski definition) is 5. The fourth-order valence-electron chi connectivity index (χ4n) is 1.31. The lowest BCUT2D eigenvalue weighted by Crippen LogP contribution is -2.42. The van der Waals surface area contributed by atoms with Crippen LogP contribution in [0.3, 0.4) is 0 Å². The van der Waals surface area contributed by atoms with Gasteiger partial charge in [-0.05, 0) is 6.92 Å². The van der Waals surface area contributed by atoms with Crippen LogP contribution in [0.1, 0.15) is 13.0 Å². The minimum absolute atomic E-state index is 0.320. The smallest absolute Gasteiger partial charge is 0.321 e. The number of nitrogens with one attached hydrogen (secondary N) is 2. The molecule has 1 aromatic heterocycles. The van der Waals surface area contributed by atoms with E-state index >= 15 is 0 Å². The third-order valence-corrected chi connectivity index (χ3v) is 2.39. The van der Waals surface area contributed by atoms with E-state index in [1.807, 2.05) is 5.32 Å². The van der Waals surface area contributed by atoms with Crippen LogP contribution in [-0.2, 0) is 4.79 Å². The summed E-state index contributed by atoms with van der Waals surface area (Å²) in [5.74, 6) is -0.748. The van der Waals surface area contributed by atoms with E-state index in [1.54, 1.807) is 0 Å². The molecule has 0 saturated heterocycles. The fourth-order valence-corrected chi connectivity index (χ4v) is 1.31. The van der Waals surface area contributed by atoms with Gasteiger partial charge in [-0.15, -0.1) is 0 Å². The first-order valence-corrected chi connectivity index (χ1v) is 5.26. The number of imide groups is 1. The normalized spacial score (nSPS) is 11.5. The lowest BCUT2D eigenvalue weighted by Gasteiger charge is -2.13. The SMILES string of the molecule is CNC(=O)NC(=O)[C@H](C)n1cc([N+](=O)[O-])ccc1=O. The first-order valence-electron chi connectivity index (χ1n) is 5.26. The molecule has 2 N–H and O–H groups in total.